The van der Waals surface area contributed by atoms with Crippen LogP contribution < -0.4 is 15.4 Å². The first-order valence-electron chi connectivity index (χ1n) is 11.8. The Morgan fingerprint density at radius 2 is 1.86 bits per heavy atom. The van der Waals surface area contributed by atoms with Crippen LogP contribution in [0.5, 0.6) is 0 Å². The molecule has 2 fully saturated rings. The van der Waals surface area contributed by atoms with Crippen molar-refractivity contribution in [1.29, 1.82) is 0 Å². The van der Waals surface area contributed by atoms with E-state index in [1.165, 1.54) is 20.6 Å². The highest BCUT2D eigenvalue weighted by atomic mass is 32.2. The number of carbonyl (C=O) groups is 2. The van der Waals surface area contributed by atoms with Crippen molar-refractivity contribution in [2.75, 3.05) is 32.7 Å². The van der Waals surface area contributed by atoms with Crippen molar-refractivity contribution in [2.24, 2.45) is 0 Å². The molecule has 2 saturated heterocycles. The summed E-state index contributed by atoms with van der Waals surface area (Å²) in [5.74, 6) is 1.36. The Morgan fingerprint density at radius 3 is 2.60 bits per heavy atom. The Labute approximate surface area is 206 Å². The minimum atomic E-state index is -3.78. The Bertz CT molecular complexity index is 1230. The lowest BCUT2D eigenvalue weighted by atomic mass is 9.96. The second-order valence-corrected chi connectivity index (χ2v) is 10.6. The normalized spacial score (nSPS) is 21.9. The Balaban J connectivity index is 1.40. The second-order valence-electron chi connectivity index (χ2n) is 8.91. The highest BCUT2D eigenvalue weighted by Crippen LogP contribution is 2.32. The maximum atomic E-state index is 12.8. The van der Waals surface area contributed by atoms with E-state index < -0.39 is 28.1 Å². The molecule has 0 radical (unpaired) electrons. The van der Waals surface area contributed by atoms with Gasteiger partial charge in [-0.2, -0.15) is 17.4 Å². The molecule has 10 heteroatoms. The van der Waals surface area contributed by atoms with Gasteiger partial charge in [-0.3, -0.25) is 14.5 Å². The highest BCUT2D eigenvalue weighted by Gasteiger charge is 2.46. The summed E-state index contributed by atoms with van der Waals surface area (Å²) in [5.41, 5.74) is 1.25. The van der Waals surface area contributed by atoms with Crippen molar-refractivity contribution in [2.45, 2.75) is 37.9 Å². The second kappa shape index (κ2) is 10.7. The number of nitrogens with one attached hydrogen (secondary N) is 3. The fourth-order valence-corrected chi connectivity index (χ4v) is 6.64. The molecule has 9 nitrogen and oxygen atoms in total. The first kappa shape index (κ1) is 25.1. The molecular formula is C25H31N5O4S. The minimum Gasteiger partial charge on any atom is -0.346 e. The summed E-state index contributed by atoms with van der Waals surface area (Å²) in [6, 6.07) is 13.6. The van der Waals surface area contributed by atoms with E-state index in [4.69, 9.17) is 6.42 Å². The van der Waals surface area contributed by atoms with Gasteiger partial charge in [0.15, 0.2) is 0 Å². The lowest BCUT2D eigenvalue weighted by molar-refractivity contribution is -0.128. The Hall–Kier alpha value is -2.97. The van der Waals surface area contributed by atoms with Crippen LogP contribution in [0.1, 0.15) is 31.4 Å². The van der Waals surface area contributed by atoms with Gasteiger partial charge in [0.05, 0.1) is 13.1 Å². The molecule has 0 aliphatic carbocycles. The fourth-order valence-electron chi connectivity index (χ4n) is 5.01. The van der Waals surface area contributed by atoms with E-state index in [0.717, 1.165) is 0 Å². The zero-order chi connectivity index (χ0) is 25.0. The minimum absolute atomic E-state index is 0.0211. The molecular weight excluding hydrogens is 466 g/mol. The van der Waals surface area contributed by atoms with Crippen LogP contribution in [0.4, 0.5) is 0 Å². The Morgan fingerprint density at radius 1 is 1.14 bits per heavy atom. The van der Waals surface area contributed by atoms with Gasteiger partial charge in [0.25, 0.3) is 10.2 Å². The summed E-state index contributed by atoms with van der Waals surface area (Å²) in [5, 5.41) is 7.41. The number of carbonyl (C=O) groups excluding carboxylic acids is 2. The van der Waals surface area contributed by atoms with E-state index in [-0.39, 0.29) is 31.7 Å². The first-order valence-corrected chi connectivity index (χ1v) is 13.2. The van der Waals surface area contributed by atoms with Crippen LogP contribution in [0.2, 0.25) is 0 Å². The van der Waals surface area contributed by atoms with Crippen molar-refractivity contribution in [1.82, 2.24) is 24.6 Å². The number of nitrogens with zero attached hydrogens (tertiary/aromatic N) is 2. The van der Waals surface area contributed by atoms with Crippen LogP contribution >= 0.6 is 0 Å². The van der Waals surface area contributed by atoms with E-state index in [2.05, 4.69) is 63.4 Å². The third-order valence-corrected chi connectivity index (χ3v) is 8.48. The van der Waals surface area contributed by atoms with Gasteiger partial charge in [0, 0.05) is 31.7 Å². The summed E-state index contributed by atoms with van der Waals surface area (Å²) in [7, 11) is -3.78. The number of hydrogen-bond acceptors (Lipinski definition) is 5. The predicted octanol–water partition coefficient (Wildman–Crippen LogP) is 0.749. The van der Waals surface area contributed by atoms with Gasteiger partial charge in [-0.1, -0.05) is 48.4 Å². The maximum absolute atomic E-state index is 12.8. The molecule has 0 unspecified atom stereocenters. The molecule has 0 aromatic heterocycles. The van der Waals surface area contributed by atoms with Gasteiger partial charge in [-0.05, 0) is 36.1 Å². The van der Waals surface area contributed by atoms with Crippen molar-refractivity contribution in [3.63, 3.8) is 0 Å². The number of amides is 2. The SMILES string of the molecule is C#CCNC(=O)CNC(=O)[C@@H]1CNS(=O)(=O)N1C1CCN([C@H](C)c2cccc3ccccc23)CC1. The van der Waals surface area contributed by atoms with Crippen LogP contribution in [0, 0.1) is 12.3 Å². The molecule has 0 spiro atoms. The highest BCUT2D eigenvalue weighted by molar-refractivity contribution is 7.87. The smallest absolute Gasteiger partial charge is 0.280 e. The zero-order valence-electron chi connectivity index (χ0n) is 19.7. The number of likely N-dealkylation sites (tertiary alicyclic amines) is 1. The van der Waals surface area contributed by atoms with Crippen LogP contribution in [-0.2, 0) is 19.8 Å². The average molecular weight is 498 g/mol. The number of fused-ring (bicyclic) bond motifs is 1. The van der Waals surface area contributed by atoms with E-state index in [0.29, 0.717) is 25.9 Å². The number of piperidine rings is 1. The maximum Gasteiger partial charge on any atom is 0.280 e. The standard InChI is InChI=1S/C25H31N5O4S/c1-3-13-26-24(31)17-27-25(32)23-16-28-35(33,34)30(23)20-11-14-29(15-12-20)18(2)21-10-6-8-19-7-4-5-9-22(19)21/h1,4-10,18,20,23,28H,11-17H2,2H3,(H,26,31)(H,27,32)/t18-,23+/m1/s1. The quantitative estimate of drug-likeness (QED) is 0.489. The van der Waals surface area contributed by atoms with Gasteiger partial charge < -0.3 is 10.6 Å². The van der Waals surface area contributed by atoms with Crippen LogP contribution in [0.25, 0.3) is 10.8 Å². The number of hydrogen-bond donors (Lipinski definition) is 3. The van der Waals surface area contributed by atoms with Crippen molar-refractivity contribution >= 4 is 32.8 Å². The van der Waals surface area contributed by atoms with Crippen LogP contribution in [0.3, 0.4) is 0 Å². The molecule has 35 heavy (non-hydrogen) atoms. The molecule has 2 aliphatic rings. The monoisotopic (exact) mass is 497 g/mol. The largest absolute Gasteiger partial charge is 0.346 e. The van der Waals surface area contributed by atoms with Crippen LogP contribution in [-0.4, -0.2) is 74.2 Å². The third kappa shape index (κ3) is 5.49. The zero-order valence-corrected chi connectivity index (χ0v) is 20.6. The molecule has 2 aromatic rings. The van der Waals surface area contributed by atoms with E-state index >= 15 is 0 Å². The predicted molar refractivity (Wildman–Crippen MR) is 134 cm³/mol. The number of rotatable bonds is 7. The molecule has 186 valence electrons. The van der Waals surface area contributed by atoms with Crippen molar-refractivity contribution in [3.8, 4) is 12.3 Å². The third-order valence-electron chi connectivity index (χ3n) is 6.84. The first-order chi connectivity index (χ1) is 16.8. The molecule has 0 bridgehead atoms. The molecule has 2 aromatic carbocycles. The fraction of sp³-hybridized carbons (Fsp3) is 0.440. The van der Waals surface area contributed by atoms with Gasteiger partial charge in [0.2, 0.25) is 11.8 Å². The lowest BCUT2D eigenvalue weighted by Crippen LogP contribution is -2.54. The van der Waals surface area contributed by atoms with Gasteiger partial charge >= 0.3 is 0 Å². The lowest BCUT2D eigenvalue weighted by Gasteiger charge is -2.40. The Kier molecular flexibility index (Phi) is 7.72. The molecule has 3 N–H and O–H groups in total. The molecule has 0 saturated carbocycles. The van der Waals surface area contributed by atoms with E-state index in [1.807, 2.05) is 12.1 Å². The number of benzene rings is 2. The van der Waals surface area contributed by atoms with Gasteiger partial charge in [-0.15, -0.1) is 6.42 Å². The topological polar surface area (TPSA) is 111 Å². The average Bonchev–Trinajstić information content (AvgIpc) is 3.20. The van der Waals surface area contributed by atoms with Crippen molar-refractivity contribution in [3.05, 3.63) is 48.0 Å². The van der Waals surface area contributed by atoms with Crippen molar-refractivity contribution < 1.29 is 18.0 Å². The molecule has 2 amide bonds. The van der Waals surface area contributed by atoms with E-state index in [9.17, 15) is 18.0 Å². The summed E-state index contributed by atoms with van der Waals surface area (Å²) in [4.78, 5) is 26.9. The summed E-state index contributed by atoms with van der Waals surface area (Å²) >= 11 is 0. The molecule has 2 aliphatic heterocycles. The summed E-state index contributed by atoms with van der Waals surface area (Å²) in [6.45, 7) is 3.39. The van der Waals surface area contributed by atoms with Gasteiger partial charge in [-0.25, -0.2) is 0 Å². The van der Waals surface area contributed by atoms with Crippen LogP contribution in [0.15, 0.2) is 42.5 Å². The molecule has 2 heterocycles. The summed E-state index contributed by atoms with van der Waals surface area (Å²) < 4.78 is 29.3. The molecule has 4 rings (SSSR count). The summed E-state index contributed by atoms with van der Waals surface area (Å²) in [6.07, 6.45) is 6.34. The van der Waals surface area contributed by atoms with E-state index in [1.54, 1.807) is 0 Å². The molecule has 2 atom stereocenters. The number of terminal acetylenes is 1. The van der Waals surface area contributed by atoms with Gasteiger partial charge in [0.1, 0.15) is 6.04 Å².